The first kappa shape index (κ1) is 15.4. The average Bonchev–Trinajstić information content (AvgIpc) is 3.18. The van der Waals surface area contributed by atoms with E-state index < -0.39 is 0 Å². The van der Waals surface area contributed by atoms with Gasteiger partial charge in [0, 0.05) is 37.1 Å². The molecule has 0 bridgehead atoms. The van der Waals surface area contributed by atoms with E-state index in [2.05, 4.69) is 25.9 Å². The second-order valence-electron chi connectivity index (χ2n) is 6.01. The lowest BCUT2D eigenvalue weighted by Crippen LogP contribution is -2.27. The fourth-order valence-corrected chi connectivity index (χ4v) is 3.12. The normalized spacial score (nSPS) is 11.2. The zero-order chi connectivity index (χ0) is 17.2. The van der Waals surface area contributed by atoms with Crippen molar-refractivity contribution < 1.29 is 4.79 Å². The highest BCUT2D eigenvalue weighted by molar-refractivity contribution is 5.94. The molecule has 0 aromatic carbocycles. The summed E-state index contributed by atoms with van der Waals surface area (Å²) >= 11 is 0. The summed E-state index contributed by atoms with van der Waals surface area (Å²) in [4.78, 5) is 21.4. The summed E-state index contributed by atoms with van der Waals surface area (Å²) in [6.07, 6.45) is 6.53. The minimum absolute atomic E-state index is 0.0910. The number of pyridine rings is 2. The first-order chi connectivity index (χ1) is 12.2. The number of aromatic nitrogens is 4. The van der Waals surface area contributed by atoms with Gasteiger partial charge in [0.15, 0.2) is 0 Å². The number of hydrogen-bond acceptors (Lipinski definition) is 3. The van der Waals surface area contributed by atoms with Crippen LogP contribution in [0.2, 0.25) is 0 Å². The van der Waals surface area contributed by atoms with E-state index in [0.29, 0.717) is 12.2 Å². The van der Waals surface area contributed by atoms with Gasteiger partial charge in [0.2, 0.25) is 0 Å². The first-order valence-corrected chi connectivity index (χ1v) is 8.36. The van der Waals surface area contributed by atoms with E-state index in [9.17, 15) is 4.79 Å². The lowest BCUT2D eigenvalue weighted by molar-refractivity contribution is 0.0946. The number of aryl methyl sites for hydroxylation is 2. The molecule has 4 rings (SSSR count). The van der Waals surface area contributed by atoms with Gasteiger partial charge in [0.25, 0.3) is 5.91 Å². The highest BCUT2D eigenvalue weighted by Crippen LogP contribution is 2.13. The average molecular weight is 333 g/mol. The van der Waals surface area contributed by atoms with Crippen LogP contribution in [-0.2, 0) is 6.54 Å². The maximum atomic E-state index is 12.5. The molecule has 0 atom stereocenters. The number of hydrogen-bond donors (Lipinski definition) is 1. The van der Waals surface area contributed by atoms with Gasteiger partial charge >= 0.3 is 0 Å². The molecule has 6 heteroatoms. The fourth-order valence-electron chi connectivity index (χ4n) is 3.12. The van der Waals surface area contributed by atoms with Gasteiger partial charge in [-0.2, -0.15) is 0 Å². The van der Waals surface area contributed by atoms with Crippen LogP contribution >= 0.6 is 0 Å². The predicted molar refractivity (Wildman–Crippen MR) is 96.6 cm³/mol. The molecule has 0 radical (unpaired) electrons. The SMILES string of the molecule is Cc1nc2ccccn2c1C(=O)NCCCn1ccc2cccnc21. The Hall–Kier alpha value is -3.15. The van der Waals surface area contributed by atoms with E-state index >= 15 is 0 Å². The van der Waals surface area contributed by atoms with Crippen LogP contribution in [0.5, 0.6) is 0 Å². The number of imidazole rings is 1. The van der Waals surface area contributed by atoms with Crippen LogP contribution < -0.4 is 5.32 Å². The lowest BCUT2D eigenvalue weighted by Gasteiger charge is -2.07. The molecule has 1 amide bonds. The second-order valence-corrected chi connectivity index (χ2v) is 6.01. The second kappa shape index (κ2) is 6.39. The summed E-state index contributed by atoms with van der Waals surface area (Å²) in [5, 5.41) is 4.13. The Morgan fingerprint density at radius 1 is 1.16 bits per heavy atom. The highest BCUT2D eigenvalue weighted by atomic mass is 16.1. The molecule has 0 aliphatic rings. The smallest absolute Gasteiger partial charge is 0.270 e. The quantitative estimate of drug-likeness (QED) is 0.571. The van der Waals surface area contributed by atoms with Crippen molar-refractivity contribution in [3.05, 3.63) is 66.4 Å². The predicted octanol–water partition coefficient (Wildman–Crippen LogP) is 2.81. The van der Waals surface area contributed by atoms with Gasteiger partial charge in [-0.05, 0) is 43.7 Å². The number of amides is 1. The Morgan fingerprint density at radius 3 is 3.00 bits per heavy atom. The maximum Gasteiger partial charge on any atom is 0.270 e. The number of carbonyl (C=O) groups excluding carboxylic acids is 1. The minimum Gasteiger partial charge on any atom is -0.351 e. The molecule has 4 aromatic heterocycles. The van der Waals surface area contributed by atoms with Crippen LogP contribution in [0.1, 0.15) is 22.6 Å². The molecule has 126 valence electrons. The molecule has 0 aliphatic carbocycles. The van der Waals surface area contributed by atoms with Gasteiger partial charge in [-0.3, -0.25) is 9.20 Å². The summed E-state index contributed by atoms with van der Waals surface area (Å²) < 4.78 is 3.94. The minimum atomic E-state index is -0.0910. The Bertz CT molecular complexity index is 1050. The van der Waals surface area contributed by atoms with Gasteiger partial charge in [-0.25, -0.2) is 9.97 Å². The molecule has 4 aromatic rings. The van der Waals surface area contributed by atoms with E-state index in [1.165, 1.54) is 0 Å². The van der Waals surface area contributed by atoms with E-state index in [0.717, 1.165) is 35.3 Å². The zero-order valence-electron chi connectivity index (χ0n) is 14.0. The zero-order valence-corrected chi connectivity index (χ0v) is 14.0. The Labute approximate surface area is 145 Å². The van der Waals surface area contributed by atoms with Gasteiger partial charge in [0.05, 0.1) is 5.69 Å². The molecule has 25 heavy (non-hydrogen) atoms. The number of carbonyl (C=O) groups is 1. The number of nitrogens with one attached hydrogen (secondary N) is 1. The monoisotopic (exact) mass is 333 g/mol. The van der Waals surface area contributed by atoms with Crippen molar-refractivity contribution in [3.63, 3.8) is 0 Å². The topological polar surface area (TPSA) is 64.2 Å². The molecule has 0 fully saturated rings. The van der Waals surface area contributed by atoms with Crippen molar-refractivity contribution in [2.24, 2.45) is 0 Å². The van der Waals surface area contributed by atoms with Crippen molar-refractivity contribution >= 4 is 22.6 Å². The van der Waals surface area contributed by atoms with E-state index in [4.69, 9.17) is 0 Å². The largest absolute Gasteiger partial charge is 0.351 e. The third kappa shape index (κ3) is 2.87. The van der Waals surface area contributed by atoms with Crippen LogP contribution in [0.25, 0.3) is 16.7 Å². The molecular weight excluding hydrogens is 314 g/mol. The van der Waals surface area contributed by atoms with Crippen molar-refractivity contribution in [2.45, 2.75) is 19.9 Å². The molecule has 4 heterocycles. The van der Waals surface area contributed by atoms with E-state index in [1.54, 1.807) is 6.20 Å². The van der Waals surface area contributed by atoms with E-state index in [-0.39, 0.29) is 5.91 Å². The highest BCUT2D eigenvalue weighted by Gasteiger charge is 2.15. The van der Waals surface area contributed by atoms with Crippen molar-refractivity contribution in [2.75, 3.05) is 6.54 Å². The van der Waals surface area contributed by atoms with Crippen LogP contribution in [0, 0.1) is 6.92 Å². The van der Waals surface area contributed by atoms with Crippen molar-refractivity contribution in [1.29, 1.82) is 0 Å². The third-order valence-electron chi connectivity index (χ3n) is 4.30. The van der Waals surface area contributed by atoms with Crippen LogP contribution in [0.3, 0.4) is 0 Å². The molecular formula is C19H19N5O. The summed E-state index contributed by atoms with van der Waals surface area (Å²) in [6, 6.07) is 11.8. The third-order valence-corrected chi connectivity index (χ3v) is 4.30. The molecule has 0 saturated heterocycles. The summed E-state index contributed by atoms with van der Waals surface area (Å²) in [5.41, 5.74) is 3.11. The van der Waals surface area contributed by atoms with Gasteiger partial charge in [0.1, 0.15) is 17.0 Å². The Morgan fingerprint density at radius 2 is 2.08 bits per heavy atom. The van der Waals surface area contributed by atoms with Crippen LogP contribution in [0.4, 0.5) is 0 Å². The maximum absolute atomic E-state index is 12.5. The van der Waals surface area contributed by atoms with E-state index in [1.807, 2.05) is 54.0 Å². The molecule has 0 saturated carbocycles. The van der Waals surface area contributed by atoms with Crippen molar-refractivity contribution in [1.82, 2.24) is 24.3 Å². The van der Waals surface area contributed by atoms with Crippen molar-refractivity contribution in [3.8, 4) is 0 Å². The summed E-state index contributed by atoms with van der Waals surface area (Å²) in [6.45, 7) is 3.28. The first-order valence-electron chi connectivity index (χ1n) is 8.36. The number of nitrogens with zero attached hydrogens (tertiary/aromatic N) is 4. The number of fused-ring (bicyclic) bond motifs is 2. The Kier molecular flexibility index (Phi) is 3.93. The van der Waals surface area contributed by atoms with Crippen LogP contribution in [-0.4, -0.2) is 31.4 Å². The Balaban J connectivity index is 1.40. The summed E-state index contributed by atoms with van der Waals surface area (Å²) in [7, 11) is 0. The summed E-state index contributed by atoms with van der Waals surface area (Å²) in [5.74, 6) is -0.0910. The van der Waals surface area contributed by atoms with Gasteiger partial charge < -0.3 is 9.88 Å². The lowest BCUT2D eigenvalue weighted by atomic mass is 10.3. The standard InChI is InChI=1S/C19H19N5O/c1-14-17(24-12-3-2-7-16(24)22-14)19(25)21-10-5-11-23-13-8-15-6-4-9-20-18(15)23/h2-4,6-9,12-13H,5,10-11H2,1H3,(H,21,25). The molecule has 6 nitrogen and oxygen atoms in total. The molecule has 1 N–H and O–H groups in total. The van der Waals surface area contributed by atoms with Gasteiger partial charge in [-0.15, -0.1) is 0 Å². The molecule has 0 aliphatic heterocycles. The van der Waals surface area contributed by atoms with Gasteiger partial charge in [-0.1, -0.05) is 6.07 Å². The number of rotatable bonds is 5. The molecule has 0 spiro atoms. The fraction of sp³-hybridized carbons (Fsp3) is 0.211. The van der Waals surface area contributed by atoms with Crippen LogP contribution in [0.15, 0.2) is 55.0 Å². The molecule has 0 unspecified atom stereocenters.